The molecule has 2 aromatic heterocycles. The van der Waals surface area contributed by atoms with Crippen molar-refractivity contribution >= 4 is 28.3 Å². The van der Waals surface area contributed by atoms with E-state index in [1.165, 1.54) is 11.3 Å². The number of hydrogen-bond acceptors (Lipinski definition) is 5. The van der Waals surface area contributed by atoms with Crippen LogP contribution in [0.2, 0.25) is 0 Å². The normalized spacial score (nSPS) is 12.2. The summed E-state index contributed by atoms with van der Waals surface area (Å²) in [7, 11) is 0. The maximum Gasteiger partial charge on any atom is 0.228 e. The largest absolute Gasteiger partial charge is 0.467 e. The molecule has 2 heterocycles. The summed E-state index contributed by atoms with van der Waals surface area (Å²) in [4.78, 5) is 27.8. The number of carbonyl (C=O) groups is 2. The molecule has 118 valence electrons. The minimum atomic E-state index is -0.193. The molecule has 1 atom stereocenters. The van der Waals surface area contributed by atoms with Gasteiger partial charge in [0.15, 0.2) is 5.13 Å². The molecule has 7 heteroatoms. The van der Waals surface area contributed by atoms with Crippen LogP contribution in [-0.4, -0.2) is 16.8 Å². The first-order chi connectivity index (χ1) is 10.5. The van der Waals surface area contributed by atoms with Crippen LogP contribution < -0.4 is 10.6 Å². The molecular formula is C15H19N3O3S. The maximum atomic E-state index is 12.0. The van der Waals surface area contributed by atoms with E-state index in [2.05, 4.69) is 15.6 Å². The molecule has 0 saturated heterocycles. The Morgan fingerprint density at radius 1 is 1.36 bits per heavy atom. The number of nitrogens with one attached hydrogen (secondary N) is 2. The van der Waals surface area contributed by atoms with E-state index in [1.807, 2.05) is 26.8 Å². The highest BCUT2D eigenvalue weighted by Gasteiger charge is 2.15. The molecule has 0 aliphatic rings. The Morgan fingerprint density at radius 2 is 2.14 bits per heavy atom. The zero-order valence-electron chi connectivity index (χ0n) is 12.8. The van der Waals surface area contributed by atoms with Crippen LogP contribution in [0.3, 0.4) is 0 Å². The topological polar surface area (TPSA) is 84.2 Å². The van der Waals surface area contributed by atoms with E-state index < -0.39 is 0 Å². The Balaban J connectivity index is 1.87. The van der Waals surface area contributed by atoms with E-state index >= 15 is 0 Å². The van der Waals surface area contributed by atoms with E-state index in [9.17, 15) is 9.59 Å². The van der Waals surface area contributed by atoms with Crippen molar-refractivity contribution < 1.29 is 14.0 Å². The monoisotopic (exact) mass is 321 g/mol. The van der Waals surface area contributed by atoms with Crippen molar-refractivity contribution in [3.8, 4) is 0 Å². The van der Waals surface area contributed by atoms with Crippen molar-refractivity contribution in [1.29, 1.82) is 0 Å². The Morgan fingerprint density at radius 3 is 2.77 bits per heavy atom. The van der Waals surface area contributed by atoms with Gasteiger partial charge < -0.3 is 15.1 Å². The molecule has 2 rings (SSSR count). The van der Waals surface area contributed by atoms with Crippen molar-refractivity contribution in [2.45, 2.75) is 33.2 Å². The fourth-order valence-corrected chi connectivity index (χ4v) is 2.47. The van der Waals surface area contributed by atoms with Gasteiger partial charge in [-0.2, -0.15) is 0 Å². The summed E-state index contributed by atoms with van der Waals surface area (Å²) >= 11 is 1.31. The van der Waals surface area contributed by atoms with E-state index in [1.54, 1.807) is 17.7 Å². The Kier molecular flexibility index (Phi) is 5.32. The molecule has 0 aromatic carbocycles. The quantitative estimate of drug-likeness (QED) is 0.857. The molecule has 22 heavy (non-hydrogen) atoms. The number of hydrogen-bond donors (Lipinski definition) is 2. The van der Waals surface area contributed by atoms with E-state index in [0.717, 1.165) is 0 Å². The SMILES string of the molecule is CC(C)C(=O)Nc1nc(CC(=O)NC(C)c2ccco2)cs1. The lowest BCUT2D eigenvalue weighted by Crippen LogP contribution is -2.28. The van der Waals surface area contributed by atoms with Gasteiger partial charge in [0.1, 0.15) is 5.76 Å². The number of thiazole rings is 1. The number of nitrogens with zero attached hydrogens (tertiary/aromatic N) is 1. The number of amides is 2. The smallest absolute Gasteiger partial charge is 0.228 e. The van der Waals surface area contributed by atoms with Crippen LogP contribution in [-0.2, 0) is 16.0 Å². The van der Waals surface area contributed by atoms with Crippen LogP contribution in [0.1, 0.15) is 38.3 Å². The first-order valence-electron chi connectivity index (χ1n) is 7.03. The summed E-state index contributed by atoms with van der Waals surface area (Å²) in [5.41, 5.74) is 0.633. The fraction of sp³-hybridized carbons (Fsp3) is 0.400. The van der Waals surface area contributed by atoms with Gasteiger partial charge in [-0.05, 0) is 19.1 Å². The summed E-state index contributed by atoms with van der Waals surface area (Å²) in [6.07, 6.45) is 1.74. The molecule has 2 aromatic rings. The summed E-state index contributed by atoms with van der Waals surface area (Å²) < 4.78 is 5.24. The fourth-order valence-electron chi connectivity index (χ4n) is 1.76. The van der Waals surface area contributed by atoms with Gasteiger partial charge in [0, 0.05) is 11.3 Å². The maximum absolute atomic E-state index is 12.0. The lowest BCUT2D eigenvalue weighted by atomic mass is 10.2. The molecule has 0 saturated carbocycles. The molecule has 0 aliphatic heterocycles. The van der Waals surface area contributed by atoms with Crippen molar-refractivity contribution in [1.82, 2.24) is 10.3 Å². The van der Waals surface area contributed by atoms with Crippen molar-refractivity contribution in [3.63, 3.8) is 0 Å². The molecule has 1 unspecified atom stereocenters. The molecule has 6 nitrogen and oxygen atoms in total. The lowest BCUT2D eigenvalue weighted by molar-refractivity contribution is -0.121. The number of aromatic nitrogens is 1. The summed E-state index contributed by atoms with van der Waals surface area (Å²) in [5.74, 6) is 0.369. The van der Waals surface area contributed by atoms with Gasteiger partial charge in [0.25, 0.3) is 0 Å². The first kappa shape index (κ1) is 16.2. The molecule has 0 fully saturated rings. The van der Waals surface area contributed by atoms with Crippen LogP contribution >= 0.6 is 11.3 Å². The summed E-state index contributed by atoms with van der Waals surface area (Å²) in [6.45, 7) is 5.48. The standard InChI is InChI=1S/C15H19N3O3S/c1-9(2)14(20)18-15-17-11(8-22-15)7-13(19)16-10(3)12-5-4-6-21-12/h4-6,8-10H,7H2,1-3H3,(H,16,19)(H,17,18,20). The van der Waals surface area contributed by atoms with E-state index in [4.69, 9.17) is 4.42 Å². The highest BCUT2D eigenvalue weighted by Crippen LogP contribution is 2.17. The second-order valence-electron chi connectivity index (χ2n) is 5.27. The zero-order valence-corrected chi connectivity index (χ0v) is 13.6. The summed E-state index contributed by atoms with van der Waals surface area (Å²) in [6, 6.07) is 3.40. The van der Waals surface area contributed by atoms with Gasteiger partial charge in [-0.1, -0.05) is 13.8 Å². The number of carbonyl (C=O) groups excluding carboxylic acids is 2. The van der Waals surface area contributed by atoms with Gasteiger partial charge in [0.2, 0.25) is 11.8 Å². The minimum Gasteiger partial charge on any atom is -0.467 e. The van der Waals surface area contributed by atoms with Gasteiger partial charge in [-0.3, -0.25) is 9.59 Å². The second kappa shape index (κ2) is 7.22. The van der Waals surface area contributed by atoms with Crippen LogP contribution in [0.5, 0.6) is 0 Å². The van der Waals surface area contributed by atoms with E-state index in [-0.39, 0.29) is 30.2 Å². The molecule has 0 radical (unpaired) electrons. The molecule has 2 amide bonds. The Labute approximate surface area is 132 Å². The molecule has 0 bridgehead atoms. The van der Waals surface area contributed by atoms with Gasteiger partial charge in [-0.15, -0.1) is 11.3 Å². The first-order valence-corrected chi connectivity index (χ1v) is 7.91. The van der Waals surface area contributed by atoms with Gasteiger partial charge in [0.05, 0.1) is 24.4 Å². The number of anilines is 1. The highest BCUT2D eigenvalue weighted by atomic mass is 32.1. The predicted octanol–water partition coefficient (Wildman–Crippen LogP) is 2.75. The van der Waals surface area contributed by atoms with Crippen molar-refractivity contribution in [2.75, 3.05) is 5.32 Å². The Hall–Kier alpha value is -2.15. The molecular weight excluding hydrogens is 302 g/mol. The molecule has 0 spiro atoms. The van der Waals surface area contributed by atoms with Crippen LogP contribution in [0.25, 0.3) is 0 Å². The van der Waals surface area contributed by atoms with Gasteiger partial charge >= 0.3 is 0 Å². The van der Waals surface area contributed by atoms with Crippen LogP contribution in [0.4, 0.5) is 5.13 Å². The third-order valence-corrected chi connectivity index (χ3v) is 3.80. The van der Waals surface area contributed by atoms with Crippen LogP contribution in [0, 0.1) is 5.92 Å². The van der Waals surface area contributed by atoms with Crippen LogP contribution in [0.15, 0.2) is 28.2 Å². The second-order valence-corrected chi connectivity index (χ2v) is 6.13. The summed E-state index contributed by atoms with van der Waals surface area (Å²) in [5, 5.41) is 7.85. The average Bonchev–Trinajstić information content (AvgIpc) is 3.10. The number of furan rings is 1. The third-order valence-electron chi connectivity index (χ3n) is 3.00. The lowest BCUT2D eigenvalue weighted by Gasteiger charge is -2.10. The highest BCUT2D eigenvalue weighted by molar-refractivity contribution is 7.13. The third kappa shape index (κ3) is 4.42. The van der Waals surface area contributed by atoms with Crippen molar-refractivity contribution in [3.05, 3.63) is 35.2 Å². The van der Waals surface area contributed by atoms with Gasteiger partial charge in [-0.25, -0.2) is 4.98 Å². The average molecular weight is 321 g/mol. The van der Waals surface area contributed by atoms with Crippen molar-refractivity contribution in [2.24, 2.45) is 5.92 Å². The number of rotatable bonds is 6. The van der Waals surface area contributed by atoms with E-state index in [0.29, 0.717) is 16.6 Å². The minimum absolute atomic E-state index is 0.0863. The molecule has 0 aliphatic carbocycles. The molecule has 2 N–H and O–H groups in total. The predicted molar refractivity (Wildman–Crippen MR) is 84.6 cm³/mol. The Bertz CT molecular complexity index is 634. The zero-order chi connectivity index (χ0) is 16.1.